The summed E-state index contributed by atoms with van der Waals surface area (Å²) >= 11 is 5.77. The van der Waals surface area contributed by atoms with E-state index in [1.807, 2.05) is 0 Å². The molecule has 2 unspecified atom stereocenters. The first-order valence-corrected chi connectivity index (χ1v) is 8.82. The average Bonchev–Trinajstić information content (AvgIpc) is 2.42. The summed E-state index contributed by atoms with van der Waals surface area (Å²) in [6.07, 6.45) is 0.437. The Morgan fingerprint density at radius 1 is 1.45 bits per heavy atom. The number of piperidine rings is 1. The zero-order valence-corrected chi connectivity index (χ0v) is 13.6. The molecule has 8 heteroatoms. The molecule has 0 radical (unpaired) electrons. The number of carboxylic acid groups (broad SMARTS) is 1. The minimum absolute atomic E-state index is 0.0161. The summed E-state index contributed by atoms with van der Waals surface area (Å²) in [4.78, 5) is 11.1. The van der Waals surface area contributed by atoms with E-state index in [2.05, 4.69) is 0 Å². The van der Waals surface area contributed by atoms with Gasteiger partial charge in [-0.05, 0) is 30.5 Å². The Kier molecular flexibility index (Phi) is 5.09. The molecule has 5 nitrogen and oxygen atoms in total. The zero-order valence-electron chi connectivity index (χ0n) is 12.0. The van der Waals surface area contributed by atoms with Crippen molar-refractivity contribution in [1.29, 1.82) is 0 Å². The lowest BCUT2D eigenvalue weighted by molar-refractivity contribution is -0.143. The maximum Gasteiger partial charge on any atom is 0.307 e. The third-order valence-electron chi connectivity index (χ3n) is 3.71. The molecule has 0 spiro atoms. The Bertz CT molecular complexity index is 679. The van der Waals surface area contributed by atoms with Crippen LogP contribution in [0.15, 0.2) is 18.2 Å². The van der Waals surface area contributed by atoms with E-state index in [1.165, 1.54) is 12.1 Å². The molecular weight excluding hydrogens is 333 g/mol. The number of aliphatic carboxylic acids is 1. The fourth-order valence-electron chi connectivity index (χ4n) is 2.65. The van der Waals surface area contributed by atoms with Gasteiger partial charge in [0.2, 0.25) is 10.0 Å². The van der Waals surface area contributed by atoms with E-state index < -0.39 is 33.5 Å². The molecule has 122 valence electrons. The lowest BCUT2D eigenvalue weighted by atomic mass is 9.92. The summed E-state index contributed by atoms with van der Waals surface area (Å²) in [7, 11) is -3.80. The van der Waals surface area contributed by atoms with E-state index in [1.54, 1.807) is 6.92 Å². The van der Waals surface area contributed by atoms with Gasteiger partial charge in [-0.2, -0.15) is 0 Å². The first-order chi connectivity index (χ1) is 10.2. The van der Waals surface area contributed by atoms with Crippen LogP contribution in [0.25, 0.3) is 0 Å². The topological polar surface area (TPSA) is 74.7 Å². The van der Waals surface area contributed by atoms with Crippen LogP contribution in [0.5, 0.6) is 0 Å². The first-order valence-electron chi connectivity index (χ1n) is 6.83. The van der Waals surface area contributed by atoms with Gasteiger partial charge in [0.25, 0.3) is 0 Å². The summed E-state index contributed by atoms with van der Waals surface area (Å²) in [6.45, 7) is 1.97. The summed E-state index contributed by atoms with van der Waals surface area (Å²) < 4.78 is 39.8. The van der Waals surface area contributed by atoms with E-state index in [0.29, 0.717) is 6.42 Å². The number of carbonyl (C=O) groups is 1. The van der Waals surface area contributed by atoms with Crippen molar-refractivity contribution < 1.29 is 22.7 Å². The van der Waals surface area contributed by atoms with Gasteiger partial charge in [0.05, 0.1) is 11.7 Å². The van der Waals surface area contributed by atoms with Gasteiger partial charge < -0.3 is 5.11 Å². The van der Waals surface area contributed by atoms with Crippen molar-refractivity contribution >= 4 is 27.6 Å². The van der Waals surface area contributed by atoms with Gasteiger partial charge >= 0.3 is 5.97 Å². The number of halogens is 2. The predicted molar refractivity (Wildman–Crippen MR) is 80.5 cm³/mol. The molecule has 1 aliphatic heterocycles. The van der Waals surface area contributed by atoms with Crippen molar-refractivity contribution in [3.63, 3.8) is 0 Å². The Morgan fingerprint density at radius 2 is 2.14 bits per heavy atom. The van der Waals surface area contributed by atoms with Crippen LogP contribution in [-0.4, -0.2) is 36.9 Å². The van der Waals surface area contributed by atoms with E-state index in [4.69, 9.17) is 16.7 Å². The van der Waals surface area contributed by atoms with Gasteiger partial charge in [-0.25, -0.2) is 17.1 Å². The fraction of sp³-hybridized carbons (Fsp3) is 0.500. The summed E-state index contributed by atoms with van der Waals surface area (Å²) in [5.41, 5.74) is -0.0161. The average molecular weight is 350 g/mol. The number of rotatable bonds is 4. The lowest BCUT2D eigenvalue weighted by Crippen LogP contribution is -2.45. The highest BCUT2D eigenvalue weighted by Crippen LogP contribution is 2.26. The molecule has 1 N–H and O–H groups in total. The molecule has 0 saturated carbocycles. The van der Waals surface area contributed by atoms with E-state index in [9.17, 15) is 17.6 Å². The first kappa shape index (κ1) is 17.2. The van der Waals surface area contributed by atoms with Crippen LogP contribution in [0, 0.1) is 17.7 Å². The number of hydrogen-bond donors (Lipinski definition) is 1. The molecule has 1 aromatic carbocycles. The Labute approximate surface area is 133 Å². The van der Waals surface area contributed by atoms with Gasteiger partial charge in [0, 0.05) is 23.7 Å². The zero-order chi connectivity index (χ0) is 16.5. The molecule has 2 rings (SSSR count). The number of carboxylic acids is 1. The largest absolute Gasteiger partial charge is 0.481 e. The minimum Gasteiger partial charge on any atom is -0.481 e. The fourth-order valence-corrected chi connectivity index (χ4v) is 4.53. The van der Waals surface area contributed by atoms with Crippen LogP contribution >= 0.6 is 11.6 Å². The van der Waals surface area contributed by atoms with Crippen LogP contribution < -0.4 is 0 Å². The monoisotopic (exact) mass is 349 g/mol. The number of nitrogens with zero attached hydrogens (tertiary/aromatic N) is 1. The van der Waals surface area contributed by atoms with E-state index in [-0.39, 0.29) is 29.6 Å². The quantitative estimate of drug-likeness (QED) is 0.905. The third-order valence-corrected chi connectivity index (χ3v) is 5.71. The van der Waals surface area contributed by atoms with Crippen molar-refractivity contribution in [2.24, 2.45) is 11.8 Å². The van der Waals surface area contributed by atoms with Gasteiger partial charge in [0.1, 0.15) is 5.82 Å². The molecule has 1 saturated heterocycles. The normalized spacial score (nSPS) is 23.4. The lowest BCUT2D eigenvalue weighted by Gasteiger charge is -2.33. The van der Waals surface area contributed by atoms with Crippen molar-refractivity contribution in [2.45, 2.75) is 19.1 Å². The Morgan fingerprint density at radius 3 is 2.77 bits per heavy atom. The maximum atomic E-state index is 13.7. The van der Waals surface area contributed by atoms with Gasteiger partial charge in [0.15, 0.2) is 0 Å². The van der Waals surface area contributed by atoms with Crippen molar-refractivity contribution in [1.82, 2.24) is 4.31 Å². The Balaban J connectivity index is 2.22. The van der Waals surface area contributed by atoms with Crippen molar-refractivity contribution in [2.75, 3.05) is 13.1 Å². The van der Waals surface area contributed by atoms with Gasteiger partial charge in [-0.1, -0.05) is 18.5 Å². The highest BCUT2D eigenvalue weighted by molar-refractivity contribution is 7.88. The maximum absolute atomic E-state index is 13.7. The van der Waals surface area contributed by atoms with Crippen LogP contribution in [-0.2, 0) is 20.6 Å². The smallest absolute Gasteiger partial charge is 0.307 e. The molecule has 0 bridgehead atoms. The van der Waals surface area contributed by atoms with Crippen LogP contribution in [0.4, 0.5) is 4.39 Å². The number of sulfonamides is 1. The summed E-state index contributed by atoms with van der Waals surface area (Å²) in [5.74, 6) is -2.98. The highest BCUT2D eigenvalue weighted by atomic mass is 35.5. The predicted octanol–water partition coefficient (Wildman–Crippen LogP) is 2.35. The summed E-state index contributed by atoms with van der Waals surface area (Å²) in [6, 6.07) is 3.74. The minimum atomic E-state index is -3.80. The SMILES string of the molecule is CC1CC(C(=O)O)CN(S(=O)(=O)Cc2cc(Cl)ccc2F)C1. The highest BCUT2D eigenvalue weighted by Gasteiger charge is 2.35. The Hall–Kier alpha value is -1.18. The number of benzene rings is 1. The second-order valence-electron chi connectivity index (χ2n) is 5.68. The molecule has 1 fully saturated rings. The summed E-state index contributed by atoms with van der Waals surface area (Å²) in [5, 5.41) is 9.36. The van der Waals surface area contributed by atoms with Gasteiger partial charge in [-0.3, -0.25) is 4.79 Å². The molecule has 1 aromatic rings. The van der Waals surface area contributed by atoms with E-state index >= 15 is 0 Å². The second-order valence-corrected chi connectivity index (χ2v) is 8.09. The van der Waals surface area contributed by atoms with Crippen molar-refractivity contribution in [3.05, 3.63) is 34.6 Å². The standard InChI is InChI=1S/C14H17ClFNO4S/c1-9-4-10(14(18)19)7-17(6-9)22(20,21)8-11-5-12(15)2-3-13(11)16/h2-3,5,9-10H,4,6-8H2,1H3,(H,18,19). The van der Waals surface area contributed by atoms with Crippen LogP contribution in [0.2, 0.25) is 5.02 Å². The van der Waals surface area contributed by atoms with Crippen LogP contribution in [0.3, 0.4) is 0 Å². The third kappa shape index (κ3) is 3.97. The van der Waals surface area contributed by atoms with Crippen LogP contribution in [0.1, 0.15) is 18.9 Å². The van der Waals surface area contributed by atoms with Gasteiger partial charge in [-0.15, -0.1) is 0 Å². The number of hydrogen-bond acceptors (Lipinski definition) is 3. The second kappa shape index (κ2) is 6.52. The molecule has 0 amide bonds. The molecule has 0 aromatic heterocycles. The molecule has 1 aliphatic rings. The molecule has 22 heavy (non-hydrogen) atoms. The molecule has 0 aliphatic carbocycles. The van der Waals surface area contributed by atoms with E-state index in [0.717, 1.165) is 10.4 Å². The molecule has 1 heterocycles. The molecular formula is C14H17ClFNO4S. The molecule has 2 atom stereocenters. The van der Waals surface area contributed by atoms with Crippen molar-refractivity contribution in [3.8, 4) is 0 Å².